The molecule has 2 aromatic carbocycles. The number of benzene rings is 2. The lowest BCUT2D eigenvalue weighted by Gasteiger charge is -2.10. The minimum Gasteiger partial charge on any atom is -0.497 e. The molecule has 0 unspecified atom stereocenters. The Morgan fingerprint density at radius 1 is 0.893 bits per heavy atom. The molecule has 0 atom stereocenters. The highest BCUT2D eigenvalue weighted by molar-refractivity contribution is 5.79. The number of rotatable bonds is 9. The molecular formula is C21H23N3O4. The Labute approximate surface area is 163 Å². The van der Waals surface area contributed by atoms with Crippen LogP contribution >= 0.6 is 0 Å². The predicted octanol–water partition coefficient (Wildman–Crippen LogP) is 3.00. The lowest BCUT2D eigenvalue weighted by molar-refractivity contribution is 0.232. The molecule has 0 bridgehead atoms. The van der Waals surface area contributed by atoms with E-state index in [4.69, 9.17) is 14.2 Å². The number of ether oxygens (including phenoxy) is 3. The number of nitrogens with one attached hydrogen (secondary N) is 2. The zero-order valence-corrected chi connectivity index (χ0v) is 15.7. The highest BCUT2D eigenvalue weighted by Crippen LogP contribution is 2.18. The summed E-state index contributed by atoms with van der Waals surface area (Å²) in [6.07, 6.45) is 1.76. The van der Waals surface area contributed by atoms with Crippen LogP contribution < -0.4 is 24.8 Å². The molecule has 3 rings (SSSR count). The van der Waals surface area contributed by atoms with Gasteiger partial charge in [-0.2, -0.15) is 0 Å². The smallest absolute Gasteiger partial charge is 0.315 e. The average Bonchev–Trinajstić information content (AvgIpc) is 2.74. The number of fused-ring (bicyclic) bond motifs is 1. The van der Waals surface area contributed by atoms with Crippen molar-refractivity contribution < 1.29 is 19.0 Å². The maximum absolute atomic E-state index is 11.8. The van der Waals surface area contributed by atoms with Gasteiger partial charge in [0.05, 0.1) is 25.7 Å². The van der Waals surface area contributed by atoms with Gasteiger partial charge in [-0.1, -0.05) is 6.07 Å². The molecule has 0 aliphatic rings. The number of carbonyl (C=O) groups is 1. The third kappa shape index (κ3) is 5.77. The Bertz CT molecular complexity index is 900. The van der Waals surface area contributed by atoms with Gasteiger partial charge in [0.25, 0.3) is 0 Å². The molecular weight excluding hydrogens is 358 g/mol. The Morgan fingerprint density at radius 3 is 2.25 bits per heavy atom. The number of amides is 2. The number of aromatic nitrogens is 1. The van der Waals surface area contributed by atoms with Gasteiger partial charge in [0.2, 0.25) is 0 Å². The first kappa shape index (κ1) is 19.3. The fraction of sp³-hybridized carbons (Fsp3) is 0.238. The Hall–Kier alpha value is -3.48. The van der Waals surface area contributed by atoms with Gasteiger partial charge in [0, 0.05) is 11.6 Å². The highest BCUT2D eigenvalue weighted by Gasteiger charge is 2.01. The van der Waals surface area contributed by atoms with Gasteiger partial charge in [-0.05, 0) is 48.5 Å². The maximum atomic E-state index is 11.8. The molecule has 7 heteroatoms. The normalized spacial score (nSPS) is 10.3. The number of nitrogens with zero attached hydrogens (tertiary/aromatic N) is 1. The molecule has 2 N–H and O–H groups in total. The molecule has 0 aliphatic carbocycles. The van der Waals surface area contributed by atoms with E-state index >= 15 is 0 Å². The lowest BCUT2D eigenvalue weighted by atomic mass is 10.2. The summed E-state index contributed by atoms with van der Waals surface area (Å²) in [5.41, 5.74) is 0.921. The minimum atomic E-state index is -0.260. The standard InChI is InChI=1S/C21H23N3O4/c1-26-17-4-6-18(7-5-17)27-13-11-23-21(25)24-12-14-28-19-8-9-20-16(15-19)3-2-10-22-20/h2-10,15H,11-14H2,1H3,(H2,23,24,25). The molecule has 2 amide bonds. The first-order valence-electron chi connectivity index (χ1n) is 9.01. The molecule has 146 valence electrons. The molecule has 7 nitrogen and oxygen atoms in total. The molecule has 0 spiro atoms. The lowest BCUT2D eigenvalue weighted by Crippen LogP contribution is -2.39. The van der Waals surface area contributed by atoms with Crippen LogP contribution in [0.5, 0.6) is 17.2 Å². The van der Waals surface area contributed by atoms with Crippen molar-refractivity contribution in [3.05, 3.63) is 60.8 Å². The summed E-state index contributed by atoms with van der Waals surface area (Å²) in [5, 5.41) is 6.50. The van der Waals surface area contributed by atoms with Gasteiger partial charge in [-0.25, -0.2) is 4.79 Å². The fourth-order valence-corrected chi connectivity index (χ4v) is 2.54. The highest BCUT2D eigenvalue weighted by atomic mass is 16.5. The van der Waals surface area contributed by atoms with Crippen LogP contribution in [0.1, 0.15) is 0 Å². The van der Waals surface area contributed by atoms with Crippen molar-refractivity contribution in [2.24, 2.45) is 0 Å². The van der Waals surface area contributed by atoms with Gasteiger partial charge in [-0.3, -0.25) is 4.98 Å². The van der Waals surface area contributed by atoms with Crippen LogP contribution in [0, 0.1) is 0 Å². The first-order valence-corrected chi connectivity index (χ1v) is 9.01. The van der Waals surface area contributed by atoms with E-state index in [1.54, 1.807) is 13.3 Å². The topological polar surface area (TPSA) is 81.7 Å². The van der Waals surface area contributed by atoms with E-state index in [1.165, 1.54) is 0 Å². The summed E-state index contributed by atoms with van der Waals surface area (Å²) >= 11 is 0. The van der Waals surface area contributed by atoms with Gasteiger partial charge in [0.15, 0.2) is 0 Å². The molecule has 3 aromatic rings. The third-order valence-corrected chi connectivity index (χ3v) is 3.95. The van der Waals surface area contributed by atoms with Gasteiger partial charge >= 0.3 is 6.03 Å². The van der Waals surface area contributed by atoms with Crippen molar-refractivity contribution in [3.8, 4) is 17.2 Å². The number of carbonyl (C=O) groups excluding carboxylic acids is 1. The van der Waals surface area contributed by atoms with Crippen molar-refractivity contribution in [1.82, 2.24) is 15.6 Å². The first-order chi connectivity index (χ1) is 13.7. The van der Waals surface area contributed by atoms with Crippen molar-refractivity contribution in [3.63, 3.8) is 0 Å². The Kier molecular flexibility index (Phi) is 6.89. The molecule has 28 heavy (non-hydrogen) atoms. The van der Waals surface area contributed by atoms with Crippen molar-refractivity contribution in [1.29, 1.82) is 0 Å². The van der Waals surface area contributed by atoms with E-state index in [2.05, 4.69) is 15.6 Å². The molecule has 0 saturated carbocycles. The van der Waals surface area contributed by atoms with Crippen LogP contribution in [-0.2, 0) is 0 Å². The summed E-state index contributed by atoms with van der Waals surface area (Å²) in [7, 11) is 1.61. The summed E-state index contributed by atoms with van der Waals surface area (Å²) < 4.78 is 16.3. The number of pyridine rings is 1. The Balaban J connectivity index is 1.28. The van der Waals surface area contributed by atoms with E-state index in [1.807, 2.05) is 54.6 Å². The molecule has 1 aromatic heterocycles. The van der Waals surface area contributed by atoms with Crippen molar-refractivity contribution in [2.45, 2.75) is 0 Å². The molecule has 0 saturated heterocycles. The monoisotopic (exact) mass is 381 g/mol. The van der Waals surface area contributed by atoms with Gasteiger partial charge in [0.1, 0.15) is 30.5 Å². The average molecular weight is 381 g/mol. The third-order valence-electron chi connectivity index (χ3n) is 3.95. The summed E-state index contributed by atoms with van der Waals surface area (Å²) in [6, 6.07) is 16.6. The van der Waals surface area contributed by atoms with E-state index < -0.39 is 0 Å². The predicted molar refractivity (Wildman–Crippen MR) is 107 cm³/mol. The molecule has 0 aliphatic heterocycles. The van der Waals surface area contributed by atoms with Crippen LogP contribution in [0.25, 0.3) is 10.9 Å². The molecule has 1 heterocycles. The van der Waals surface area contributed by atoms with E-state index in [0.29, 0.717) is 26.3 Å². The summed E-state index contributed by atoms with van der Waals surface area (Å²) in [6.45, 7) is 1.55. The zero-order valence-electron chi connectivity index (χ0n) is 15.7. The van der Waals surface area contributed by atoms with Crippen LogP contribution in [0.15, 0.2) is 60.8 Å². The number of urea groups is 1. The fourth-order valence-electron chi connectivity index (χ4n) is 2.54. The summed E-state index contributed by atoms with van der Waals surface area (Å²) in [5.74, 6) is 2.24. The van der Waals surface area contributed by atoms with Gasteiger partial charge < -0.3 is 24.8 Å². The Morgan fingerprint density at radius 2 is 1.54 bits per heavy atom. The number of hydrogen-bond donors (Lipinski definition) is 2. The number of hydrogen-bond acceptors (Lipinski definition) is 5. The zero-order chi connectivity index (χ0) is 19.6. The second-order valence-corrected chi connectivity index (χ2v) is 5.91. The second kappa shape index (κ2) is 10.0. The SMILES string of the molecule is COc1ccc(OCCNC(=O)NCCOc2ccc3ncccc3c2)cc1. The van der Waals surface area contributed by atoms with E-state index in [9.17, 15) is 4.79 Å². The minimum absolute atomic E-state index is 0.260. The van der Waals surface area contributed by atoms with Crippen LogP contribution in [0.3, 0.4) is 0 Å². The second-order valence-electron chi connectivity index (χ2n) is 5.91. The largest absolute Gasteiger partial charge is 0.497 e. The number of methoxy groups -OCH3 is 1. The van der Waals surface area contributed by atoms with Crippen LogP contribution in [0.2, 0.25) is 0 Å². The molecule has 0 fully saturated rings. The van der Waals surface area contributed by atoms with E-state index in [-0.39, 0.29) is 6.03 Å². The van der Waals surface area contributed by atoms with E-state index in [0.717, 1.165) is 28.2 Å². The van der Waals surface area contributed by atoms with Crippen molar-refractivity contribution >= 4 is 16.9 Å². The summed E-state index contributed by atoms with van der Waals surface area (Å²) in [4.78, 5) is 16.0. The quantitative estimate of drug-likeness (QED) is 0.557. The van der Waals surface area contributed by atoms with Crippen LogP contribution in [0.4, 0.5) is 4.79 Å². The molecule has 0 radical (unpaired) electrons. The van der Waals surface area contributed by atoms with Gasteiger partial charge in [-0.15, -0.1) is 0 Å². The van der Waals surface area contributed by atoms with Crippen LogP contribution in [-0.4, -0.2) is 44.4 Å². The maximum Gasteiger partial charge on any atom is 0.315 e. The van der Waals surface area contributed by atoms with Crippen molar-refractivity contribution in [2.75, 3.05) is 33.4 Å².